The smallest absolute Gasteiger partial charge is 0.228 e. The van der Waals surface area contributed by atoms with Gasteiger partial charge >= 0.3 is 0 Å². The predicted octanol–water partition coefficient (Wildman–Crippen LogP) is 2.66. The van der Waals surface area contributed by atoms with Crippen LogP contribution >= 0.6 is 0 Å². The molecule has 2 aliphatic rings. The van der Waals surface area contributed by atoms with E-state index in [0.717, 1.165) is 68.7 Å². The quantitative estimate of drug-likeness (QED) is 0.780. The molecule has 1 unspecified atom stereocenters. The largest absolute Gasteiger partial charge is 0.356 e. The molecule has 1 aromatic heterocycles. The van der Waals surface area contributed by atoms with Crippen LogP contribution in [0.5, 0.6) is 0 Å². The molecule has 2 aromatic rings. The van der Waals surface area contributed by atoms with Gasteiger partial charge in [0.1, 0.15) is 5.82 Å². The highest BCUT2D eigenvalue weighted by atomic mass is 16.1. The fourth-order valence-electron chi connectivity index (χ4n) is 3.91. The van der Waals surface area contributed by atoms with Gasteiger partial charge in [-0.2, -0.15) is 4.98 Å². The molecule has 0 saturated carbocycles. The number of piperidine rings is 1. The molecule has 2 saturated heterocycles. The van der Waals surface area contributed by atoms with Crippen molar-refractivity contribution in [2.45, 2.75) is 19.8 Å². The van der Waals surface area contributed by atoms with Gasteiger partial charge in [-0.3, -0.25) is 4.79 Å². The topological polar surface area (TPSA) is 52.6 Å². The monoisotopic (exact) mass is 365 g/mol. The van der Waals surface area contributed by atoms with E-state index in [9.17, 15) is 4.79 Å². The molecule has 1 aromatic carbocycles. The Morgan fingerprint density at radius 3 is 2.48 bits per heavy atom. The van der Waals surface area contributed by atoms with Crippen molar-refractivity contribution in [2.75, 3.05) is 49.1 Å². The lowest BCUT2D eigenvalue weighted by Gasteiger charge is -2.35. The predicted molar refractivity (Wildman–Crippen MR) is 108 cm³/mol. The van der Waals surface area contributed by atoms with Crippen LogP contribution in [-0.4, -0.2) is 60.5 Å². The number of anilines is 2. The number of amides is 1. The van der Waals surface area contributed by atoms with Gasteiger partial charge in [-0.1, -0.05) is 37.3 Å². The van der Waals surface area contributed by atoms with Crippen molar-refractivity contribution in [1.29, 1.82) is 0 Å². The van der Waals surface area contributed by atoms with Crippen molar-refractivity contribution in [3.8, 4) is 11.3 Å². The summed E-state index contributed by atoms with van der Waals surface area (Å²) >= 11 is 0. The van der Waals surface area contributed by atoms with Crippen LogP contribution in [0.2, 0.25) is 0 Å². The van der Waals surface area contributed by atoms with Crippen LogP contribution in [0.1, 0.15) is 19.8 Å². The van der Waals surface area contributed by atoms with Gasteiger partial charge in [0.15, 0.2) is 0 Å². The highest BCUT2D eigenvalue weighted by Gasteiger charge is 2.23. The van der Waals surface area contributed by atoms with Crippen LogP contribution in [0.4, 0.5) is 11.8 Å². The van der Waals surface area contributed by atoms with E-state index in [4.69, 9.17) is 9.97 Å². The molecular weight excluding hydrogens is 338 g/mol. The van der Waals surface area contributed by atoms with Gasteiger partial charge in [0.2, 0.25) is 12.4 Å². The lowest BCUT2D eigenvalue weighted by molar-refractivity contribution is -0.118. The van der Waals surface area contributed by atoms with Crippen molar-refractivity contribution < 1.29 is 4.79 Å². The molecule has 27 heavy (non-hydrogen) atoms. The molecule has 4 rings (SSSR count). The van der Waals surface area contributed by atoms with Crippen molar-refractivity contribution in [3.05, 3.63) is 36.4 Å². The van der Waals surface area contributed by atoms with Gasteiger partial charge in [-0.15, -0.1) is 0 Å². The molecule has 6 nitrogen and oxygen atoms in total. The van der Waals surface area contributed by atoms with Crippen LogP contribution in [0.25, 0.3) is 11.3 Å². The summed E-state index contributed by atoms with van der Waals surface area (Å²) < 4.78 is 0. The second-order valence-corrected chi connectivity index (χ2v) is 7.60. The molecule has 6 heteroatoms. The second kappa shape index (κ2) is 7.94. The third kappa shape index (κ3) is 4.04. The Balaban J connectivity index is 1.67. The lowest BCUT2D eigenvalue weighted by Crippen LogP contribution is -2.46. The Kier molecular flexibility index (Phi) is 5.23. The molecule has 0 spiro atoms. The van der Waals surface area contributed by atoms with Gasteiger partial charge in [0.25, 0.3) is 0 Å². The first-order valence-electron chi connectivity index (χ1n) is 9.86. The Morgan fingerprint density at radius 1 is 1.00 bits per heavy atom. The minimum atomic E-state index is 0.688. The first-order chi connectivity index (χ1) is 13.2. The molecule has 0 radical (unpaired) electrons. The van der Waals surface area contributed by atoms with Gasteiger partial charge in [0.05, 0.1) is 5.69 Å². The summed E-state index contributed by atoms with van der Waals surface area (Å²) in [5, 5.41) is 0. The van der Waals surface area contributed by atoms with Crippen molar-refractivity contribution in [2.24, 2.45) is 5.92 Å². The molecule has 1 amide bonds. The van der Waals surface area contributed by atoms with Crippen molar-refractivity contribution in [1.82, 2.24) is 14.9 Å². The van der Waals surface area contributed by atoms with Gasteiger partial charge in [0, 0.05) is 50.9 Å². The zero-order valence-corrected chi connectivity index (χ0v) is 15.9. The summed E-state index contributed by atoms with van der Waals surface area (Å²) in [5.41, 5.74) is 2.07. The first-order valence-corrected chi connectivity index (χ1v) is 9.86. The van der Waals surface area contributed by atoms with Crippen LogP contribution < -0.4 is 9.80 Å². The summed E-state index contributed by atoms with van der Waals surface area (Å²) in [5.74, 6) is 2.48. The van der Waals surface area contributed by atoms with E-state index in [1.807, 2.05) is 23.1 Å². The third-order valence-corrected chi connectivity index (χ3v) is 5.50. The number of carbonyl (C=O) groups is 1. The molecular formula is C21H27N5O. The van der Waals surface area contributed by atoms with Gasteiger partial charge in [-0.25, -0.2) is 4.98 Å². The van der Waals surface area contributed by atoms with Crippen molar-refractivity contribution in [3.63, 3.8) is 0 Å². The average molecular weight is 365 g/mol. The zero-order chi connectivity index (χ0) is 18.6. The summed E-state index contributed by atoms with van der Waals surface area (Å²) in [7, 11) is 0. The maximum absolute atomic E-state index is 11.0. The number of hydrogen-bond acceptors (Lipinski definition) is 5. The maximum atomic E-state index is 11.0. The summed E-state index contributed by atoms with van der Waals surface area (Å²) in [6.07, 6.45) is 3.42. The minimum absolute atomic E-state index is 0.688. The lowest BCUT2D eigenvalue weighted by atomic mass is 10.0. The highest BCUT2D eigenvalue weighted by molar-refractivity contribution is 5.65. The van der Waals surface area contributed by atoms with Crippen LogP contribution in [-0.2, 0) is 4.79 Å². The average Bonchev–Trinajstić information content (AvgIpc) is 2.74. The van der Waals surface area contributed by atoms with Crippen LogP contribution in [0.3, 0.4) is 0 Å². The summed E-state index contributed by atoms with van der Waals surface area (Å²) in [4.78, 5) is 27.2. The summed E-state index contributed by atoms with van der Waals surface area (Å²) in [6.45, 7) is 7.39. The van der Waals surface area contributed by atoms with Crippen LogP contribution in [0, 0.1) is 5.92 Å². The molecule has 0 N–H and O–H groups in total. The zero-order valence-electron chi connectivity index (χ0n) is 15.9. The van der Waals surface area contributed by atoms with Gasteiger partial charge in [-0.05, 0) is 18.8 Å². The van der Waals surface area contributed by atoms with Gasteiger partial charge < -0.3 is 14.7 Å². The number of nitrogens with zero attached hydrogens (tertiary/aromatic N) is 5. The van der Waals surface area contributed by atoms with E-state index in [1.165, 1.54) is 12.8 Å². The number of rotatable bonds is 4. The molecule has 0 aliphatic carbocycles. The highest BCUT2D eigenvalue weighted by Crippen LogP contribution is 2.28. The molecule has 2 fully saturated rings. The van der Waals surface area contributed by atoms with Crippen molar-refractivity contribution >= 4 is 18.2 Å². The van der Waals surface area contributed by atoms with Crippen LogP contribution in [0.15, 0.2) is 36.4 Å². The van der Waals surface area contributed by atoms with E-state index in [0.29, 0.717) is 5.92 Å². The third-order valence-electron chi connectivity index (χ3n) is 5.50. The minimum Gasteiger partial charge on any atom is -0.356 e. The first kappa shape index (κ1) is 17.8. The Labute approximate surface area is 160 Å². The Bertz CT molecular complexity index is 773. The SMILES string of the molecule is CC1CCCN(c2cc(-c3ccccc3)nc(N3CCN(C=O)CC3)n2)C1. The number of benzene rings is 1. The standard InChI is InChI=1S/C21H27N5O/c1-17-6-5-9-26(15-17)20-14-19(18-7-3-2-4-8-18)22-21(23-20)25-12-10-24(16-27)11-13-25/h2-4,7-8,14,16-17H,5-6,9-13,15H2,1H3. The molecule has 1 atom stereocenters. The number of hydrogen-bond donors (Lipinski definition) is 0. The van der Waals surface area contributed by atoms with E-state index in [2.05, 4.69) is 34.9 Å². The maximum Gasteiger partial charge on any atom is 0.228 e. The Morgan fingerprint density at radius 2 is 1.78 bits per heavy atom. The molecule has 3 heterocycles. The van der Waals surface area contributed by atoms with E-state index < -0.39 is 0 Å². The fraction of sp³-hybridized carbons (Fsp3) is 0.476. The van der Waals surface area contributed by atoms with E-state index >= 15 is 0 Å². The fourth-order valence-corrected chi connectivity index (χ4v) is 3.91. The van der Waals surface area contributed by atoms with E-state index in [-0.39, 0.29) is 0 Å². The normalized spacial score (nSPS) is 20.6. The number of piperazine rings is 1. The summed E-state index contributed by atoms with van der Waals surface area (Å²) in [6, 6.07) is 12.4. The van der Waals surface area contributed by atoms with E-state index in [1.54, 1.807) is 0 Å². The number of carbonyl (C=O) groups excluding carboxylic acids is 1. The Hall–Kier alpha value is -2.63. The second-order valence-electron chi connectivity index (χ2n) is 7.60. The molecule has 0 bridgehead atoms. The molecule has 142 valence electrons. The molecule has 2 aliphatic heterocycles. The number of aromatic nitrogens is 2.